The number of phenolic OH excluding ortho intramolecular Hbond substituents is 1. The number of hydrogen-bond donors (Lipinski definition) is 3. The molecule has 0 fully saturated rings. The maximum absolute atomic E-state index is 9.92. The molecular formula is C23H34IN3O4. The van der Waals surface area contributed by atoms with Crippen LogP contribution in [0.2, 0.25) is 0 Å². The van der Waals surface area contributed by atoms with Gasteiger partial charge in [0.2, 0.25) is 0 Å². The fourth-order valence-corrected chi connectivity index (χ4v) is 2.92. The largest absolute Gasteiger partial charge is 0.504 e. The maximum atomic E-state index is 9.92. The van der Waals surface area contributed by atoms with Crippen molar-refractivity contribution < 1.29 is 19.3 Å². The molecule has 0 spiro atoms. The zero-order valence-electron chi connectivity index (χ0n) is 18.7. The lowest BCUT2D eigenvalue weighted by Crippen LogP contribution is -2.38. The van der Waals surface area contributed by atoms with E-state index in [1.54, 1.807) is 12.1 Å². The van der Waals surface area contributed by atoms with E-state index in [2.05, 4.69) is 21.7 Å². The van der Waals surface area contributed by atoms with Crippen LogP contribution in [0, 0.1) is 0 Å². The lowest BCUT2D eigenvalue weighted by atomic mass is 10.1. The van der Waals surface area contributed by atoms with Crippen LogP contribution in [0.4, 0.5) is 0 Å². The molecule has 2 rings (SSSR count). The lowest BCUT2D eigenvalue weighted by Gasteiger charge is -2.14. The van der Waals surface area contributed by atoms with Crippen molar-refractivity contribution in [1.29, 1.82) is 0 Å². The van der Waals surface area contributed by atoms with Gasteiger partial charge >= 0.3 is 0 Å². The van der Waals surface area contributed by atoms with Crippen LogP contribution in [0.25, 0.3) is 0 Å². The summed E-state index contributed by atoms with van der Waals surface area (Å²) in [5.41, 5.74) is 2.06. The van der Waals surface area contributed by atoms with E-state index in [9.17, 15) is 5.11 Å². The molecule has 0 heterocycles. The number of guanidine groups is 1. The van der Waals surface area contributed by atoms with Crippen LogP contribution >= 0.6 is 24.0 Å². The molecule has 0 aliphatic heterocycles. The van der Waals surface area contributed by atoms with E-state index >= 15 is 0 Å². The maximum Gasteiger partial charge on any atom is 0.191 e. The van der Waals surface area contributed by atoms with Gasteiger partial charge in [-0.15, -0.1) is 24.0 Å². The Kier molecular flexibility index (Phi) is 12.6. The highest BCUT2D eigenvalue weighted by atomic mass is 127. The van der Waals surface area contributed by atoms with Crippen molar-refractivity contribution in [2.45, 2.75) is 33.7 Å². The molecule has 0 radical (unpaired) electrons. The Bertz CT molecular complexity index is 830. The van der Waals surface area contributed by atoms with Gasteiger partial charge in [0.05, 0.1) is 26.9 Å². The van der Waals surface area contributed by atoms with Gasteiger partial charge in [0.1, 0.15) is 0 Å². The highest BCUT2D eigenvalue weighted by molar-refractivity contribution is 14.0. The zero-order chi connectivity index (χ0) is 21.8. The van der Waals surface area contributed by atoms with Crippen molar-refractivity contribution in [2.75, 3.05) is 33.4 Å². The van der Waals surface area contributed by atoms with Gasteiger partial charge < -0.3 is 30.0 Å². The van der Waals surface area contributed by atoms with Crippen LogP contribution in [-0.2, 0) is 13.0 Å². The number of phenols is 1. The summed E-state index contributed by atoms with van der Waals surface area (Å²) in [6.07, 6.45) is 0.820. The van der Waals surface area contributed by atoms with Crippen molar-refractivity contribution in [3.8, 4) is 23.0 Å². The first-order valence-electron chi connectivity index (χ1n) is 10.4. The Balaban J connectivity index is 0.00000480. The smallest absolute Gasteiger partial charge is 0.191 e. The lowest BCUT2D eigenvalue weighted by molar-refractivity contribution is 0.287. The number of ether oxygens (including phenoxy) is 3. The molecule has 31 heavy (non-hydrogen) atoms. The number of benzene rings is 2. The average molecular weight is 543 g/mol. The molecule has 0 saturated carbocycles. The summed E-state index contributed by atoms with van der Waals surface area (Å²) < 4.78 is 16.4. The van der Waals surface area contributed by atoms with E-state index in [1.165, 1.54) is 7.11 Å². The van der Waals surface area contributed by atoms with Gasteiger partial charge in [-0.05, 0) is 62.6 Å². The van der Waals surface area contributed by atoms with E-state index in [-0.39, 0.29) is 29.7 Å². The highest BCUT2D eigenvalue weighted by Gasteiger charge is 2.07. The molecule has 3 N–H and O–H groups in total. The molecule has 8 heteroatoms. The molecule has 0 aliphatic carbocycles. The summed E-state index contributed by atoms with van der Waals surface area (Å²) >= 11 is 0. The highest BCUT2D eigenvalue weighted by Crippen LogP contribution is 2.29. The Labute approximate surface area is 202 Å². The molecule has 0 unspecified atom stereocenters. The van der Waals surface area contributed by atoms with E-state index < -0.39 is 0 Å². The van der Waals surface area contributed by atoms with Crippen molar-refractivity contribution in [3.05, 3.63) is 47.5 Å². The minimum Gasteiger partial charge on any atom is -0.504 e. The molecule has 0 bridgehead atoms. The minimum absolute atomic E-state index is 0. The van der Waals surface area contributed by atoms with Gasteiger partial charge in [0, 0.05) is 13.1 Å². The number of rotatable bonds is 11. The van der Waals surface area contributed by atoms with Crippen molar-refractivity contribution in [2.24, 2.45) is 4.99 Å². The van der Waals surface area contributed by atoms with Gasteiger partial charge in [-0.1, -0.05) is 12.1 Å². The van der Waals surface area contributed by atoms with Gasteiger partial charge in [-0.3, -0.25) is 0 Å². The van der Waals surface area contributed by atoms with E-state index in [1.807, 2.05) is 39.0 Å². The van der Waals surface area contributed by atoms with Crippen LogP contribution < -0.4 is 24.8 Å². The second kappa shape index (κ2) is 14.6. The third kappa shape index (κ3) is 8.72. The Morgan fingerprint density at radius 1 is 0.903 bits per heavy atom. The number of aliphatic imine (C=N–C) groups is 1. The van der Waals surface area contributed by atoms with Crippen molar-refractivity contribution in [3.63, 3.8) is 0 Å². The monoisotopic (exact) mass is 543 g/mol. The molecule has 7 nitrogen and oxygen atoms in total. The van der Waals surface area contributed by atoms with Crippen LogP contribution in [-0.4, -0.2) is 44.5 Å². The molecule has 0 amide bonds. The second-order valence-corrected chi connectivity index (χ2v) is 6.53. The third-order valence-corrected chi connectivity index (χ3v) is 4.32. The average Bonchev–Trinajstić information content (AvgIpc) is 2.74. The first-order valence-corrected chi connectivity index (χ1v) is 10.4. The Morgan fingerprint density at radius 3 is 2.23 bits per heavy atom. The molecule has 172 valence electrons. The van der Waals surface area contributed by atoms with Gasteiger partial charge in [0.15, 0.2) is 29.0 Å². The van der Waals surface area contributed by atoms with Gasteiger partial charge in [0.25, 0.3) is 0 Å². The number of methoxy groups -OCH3 is 1. The van der Waals surface area contributed by atoms with Crippen LogP contribution in [0.15, 0.2) is 41.4 Å². The number of aromatic hydroxyl groups is 1. The Hall–Kier alpha value is -2.36. The summed E-state index contributed by atoms with van der Waals surface area (Å²) in [6.45, 7) is 9.08. The predicted octanol–water partition coefficient (Wildman–Crippen LogP) is 4.11. The number of nitrogens with one attached hydrogen (secondary N) is 2. The van der Waals surface area contributed by atoms with Gasteiger partial charge in [-0.25, -0.2) is 4.99 Å². The fraction of sp³-hybridized carbons (Fsp3) is 0.435. The van der Waals surface area contributed by atoms with Crippen LogP contribution in [0.3, 0.4) is 0 Å². The summed E-state index contributed by atoms with van der Waals surface area (Å²) in [5, 5.41) is 16.5. The molecule has 0 saturated heterocycles. The van der Waals surface area contributed by atoms with Crippen LogP contribution in [0.5, 0.6) is 23.0 Å². The van der Waals surface area contributed by atoms with E-state index in [4.69, 9.17) is 14.2 Å². The van der Waals surface area contributed by atoms with Gasteiger partial charge in [-0.2, -0.15) is 0 Å². The van der Waals surface area contributed by atoms with Crippen molar-refractivity contribution >= 4 is 29.9 Å². The number of hydrogen-bond acceptors (Lipinski definition) is 5. The quantitative estimate of drug-likeness (QED) is 0.225. The molecule has 2 aromatic rings. The Morgan fingerprint density at radius 2 is 1.58 bits per heavy atom. The molecule has 0 aromatic heterocycles. The standard InChI is InChI=1S/C23H33N3O4.HI/c1-5-24-23(26-16-18-9-10-20(28-4)19(27)14-18)25-13-12-17-8-11-21(29-6-2)22(15-17)30-7-3;/h8-11,14-15,27H,5-7,12-13,16H2,1-4H3,(H2,24,25,26);1H. The number of nitrogens with zero attached hydrogens (tertiary/aromatic N) is 1. The molecular weight excluding hydrogens is 509 g/mol. The molecule has 0 atom stereocenters. The predicted molar refractivity (Wildman–Crippen MR) is 135 cm³/mol. The summed E-state index contributed by atoms with van der Waals surface area (Å²) in [7, 11) is 1.53. The third-order valence-electron chi connectivity index (χ3n) is 4.32. The van der Waals surface area contributed by atoms with E-state index in [0.717, 1.165) is 48.1 Å². The summed E-state index contributed by atoms with van der Waals surface area (Å²) in [5.74, 6) is 2.84. The fourth-order valence-electron chi connectivity index (χ4n) is 2.92. The number of halogens is 1. The topological polar surface area (TPSA) is 84.3 Å². The second-order valence-electron chi connectivity index (χ2n) is 6.53. The zero-order valence-corrected chi connectivity index (χ0v) is 21.1. The molecule has 0 aliphatic rings. The normalized spacial score (nSPS) is 10.8. The first kappa shape index (κ1) is 26.7. The first-order chi connectivity index (χ1) is 14.6. The molecule has 2 aromatic carbocycles. The van der Waals surface area contributed by atoms with E-state index in [0.29, 0.717) is 25.5 Å². The summed E-state index contributed by atoms with van der Waals surface area (Å²) in [6, 6.07) is 11.3. The van der Waals surface area contributed by atoms with Crippen molar-refractivity contribution in [1.82, 2.24) is 10.6 Å². The van der Waals surface area contributed by atoms with Crippen LogP contribution in [0.1, 0.15) is 31.9 Å². The minimum atomic E-state index is 0. The summed E-state index contributed by atoms with van der Waals surface area (Å²) in [4.78, 5) is 4.59. The SMILES string of the molecule is CCNC(=NCc1ccc(OC)c(O)c1)NCCc1ccc(OCC)c(OCC)c1.I.